The molecule has 0 radical (unpaired) electrons. The number of para-hydroxylation sites is 1. The molecule has 4 heteroatoms. The number of rotatable bonds is 5. The molecule has 0 saturated heterocycles. The van der Waals surface area contributed by atoms with Crippen molar-refractivity contribution >= 4 is 52.8 Å². The van der Waals surface area contributed by atoms with Crippen LogP contribution < -0.4 is 17.7 Å². The fraction of sp³-hybridized carbons (Fsp3) is 0.0545. The van der Waals surface area contributed by atoms with E-state index >= 15 is 0 Å². The van der Waals surface area contributed by atoms with Crippen LogP contribution in [-0.4, -0.2) is 27.8 Å². The van der Waals surface area contributed by atoms with Gasteiger partial charge in [-0.3, -0.25) is 0 Å². The van der Waals surface area contributed by atoms with E-state index in [-0.39, 0.29) is 5.41 Å². The molecule has 0 fully saturated rings. The first-order valence-corrected chi connectivity index (χ1v) is 24.7. The van der Waals surface area contributed by atoms with E-state index in [1.807, 2.05) is 0 Å². The van der Waals surface area contributed by atoms with Crippen molar-refractivity contribution < 1.29 is 0 Å². The quantitative estimate of drug-likeness (QED) is 0.162. The van der Waals surface area contributed by atoms with Crippen LogP contribution in [0, 0.1) is 0 Å². The molecule has 59 heavy (non-hydrogen) atoms. The summed E-state index contributed by atoms with van der Waals surface area (Å²) in [4.78, 5) is 11.4. The van der Waals surface area contributed by atoms with Crippen molar-refractivity contribution in [3.05, 3.63) is 211 Å². The first-order chi connectivity index (χ1) is 29.0. The molecule has 8 aromatic carbocycles. The monoisotopic (exact) mass is 815 g/mol. The van der Waals surface area contributed by atoms with Crippen molar-refractivity contribution in [2.75, 3.05) is 0 Å². The molecule has 10 aromatic rings. The van der Waals surface area contributed by atoms with Gasteiger partial charge in [-0.05, 0) is 0 Å². The molecule has 3 nitrogen and oxygen atoms in total. The molecule has 278 valence electrons. The van der Waals surface area contributed by atoms with Crippen LogP contribution in [0.2, 0.25) is 0 Å². The normalized spacial score (nSPS) is 14.2. The Morgan fingerprint density at radius 3 is 1.85 bits per heavy atom. The molecule has 2 aromatic heterocycles. The van der Waals surface area contributed by atoms with E-state index in [0.29, 0.717) is 0 Å². The van der Waals surface area contributed by atoms with Crippen LogP contribution in [-0.2, 0) is 5.41 Å². The Morgan fingerprint density at radius 1 is 0.458 bits per heavy atom. The summed E-state index contributed by atoms with van der Waals surface area (Å²) >= 11 is -3.68. The van der Waals surface area contributed by atoms with Crippen molar-refractivity contribution in [2.24, 2.45) is 0 Å². The van der Waals surface area contributed by atoms with E-state index in [1.165, 1.54) is 72.9 Å². The fourth-order valence-electron chi connectivity index (χ4n) is 10.4. The molecule has 3 heterocycles. The standard InChI is InChI=1S/C55H39GeN3/c1-55(2)46-30-15-12-27-41(46)44-35-50-45(34-47(44)55)42-28-14-17-32-49(42)59(50)40-26-18-21-37(33-40)54-57-52(36-19-6-3-7-20-36)51-43-29-13-16-31-48(43)56(53(51)58-54,38-22-8-4-9-23-38)39-24-10-5-11-25-39/h3-35H,1-2H3. The number of fused-ring (bicyclic) bond motifs is 9. The average molecular weight is 815 g/mol. The van der Waals surface area contributed by atoms with Gasteiger partial charge >= 0.3 is 316 Å². The summed E-state index contributed by atoms with van der Waals surface area (Å²) in [5.41, 5.74) is 14.3. The van der Waals surface area contributed by atoms with Crippen LogP contribution >= 0.6 is 0 Å². The molecule has 2 aliphatic rings. The minimum atomic E-state index is -3.68. The molecule has 0 bridgehead atoms. The third-order valence-electron chi connectivity index (χ3n) is 13.1. The Labute approximate surface area is 346 Å². The minimum absolute atomic E-state index is 0.0799. The van der Waals surface area contributed by atoms with Crippen molar-refractivity contribution in [1.29, 1.82) is 0 Å². The van der Waals surface area contributed by atoms with E-state index in [2.05, 4.69) is 219 Å². The van der Waals surface area contributed by atoms with Crippen LogP contribution in [0.4, 0.5) is 0 Å². The van der Waals surface area contributed by atoms with E-state index < -0.39 is 13.3 Å². The van der Waals surface area contributed by atoms with E-state index in [9.17, 15) is 0 Å². The topological polar surface area (TPSA) is 30.7 Å². The fourth-order valence-corrected chi connectivity index (χ4v) is 20.9. The Balaban J connectivity index is 1.13. The molecule has 0 spiro atoms. The molecule has 0 atom stereocenters. The Kier molecular flexibility index (Phi) is 7.45. The molecule has 0 saturated carbocycles. The molecular formula is C55H39GeN3. The summed E-state index contributed by atoms with van der Waals surface area (Å²) in [6.07, 6.45) is 0. The predicted molar refractivity (Wildman–Crippen MR) is 247 cm³/mol. The second-order valence-electron chi connectivity index (χ2n) is 16.5. The van der Waals surface area contributed by atoms with Crippen LogP contribution in [0.25, 0.3) is 72.4 Å². The Morgan fingerprint density at radius 2 is 1.08 bits per heavy atom. The first kappa shape index (κ1) is 34.2. The third-order valence-corrected chi connectivity index (χ3v) is 23.0. The summed E-state index contributed by atoms with van der Waals surface area (Å²) in [7, 11) is 0. The van der Waals surface area contributed by atoms with E-state index in [4.69, 9.17) is 9.97 Å². The van der Waals surface area contributed by atoms with Gasteiger partial charge in [0.2, 0.25) is 0 Å². The number of hydrogen-bond donors (Lipinski definition) is 0. The average Bonchev–Trinajstić information content (AvgIpc) is 3.87. The maximum absolute atomic E-state index is 5.83. The molecule has 0 amide bonds. The van der Waals surface area contributed by atoms with Gasteiger partial charge in [-0.1, -0.05) is 32.0 Å². The third kappa shape index (κ3) is 4.83. The van der Waals surface area contributed by atoms with Crippen LogP contribution in [0.3, 0.4) is 0 Å². The van der Waals surface area contributed by atoms with Crippen LogP contribution in [0.5, 0.6) is 0 Å². The van der Waals surface area contributed by atoms with Gasteiger partial charge in [-0.25, -0.2) is 0 Å². The molecule has 0 unspecified atom stereocenters. The zero-order valence-electron chi connectivity index (χ0n) is 32.9. The predicted octanol–water partition coefficient (Wildman–Crippen LogP) is 10.6. The van der Waals surface area contributed by atoms with Gasteiger partial charge in [-0.15, -0.1) is 0 Å². The van der Waals surface area contributed by atoms with Crippen molar-refractivity contribution in [3.8, 4) is 50.6 Å². The van der Waals surface area contributed by atoms with Crippen LogP contribution in [0.1, 0.15) is 25.0 Å². The number of benzene rings is 8. The van der Waals surface area contributed by atoms with Gasteiger partial charge in [0.1, 0.15) is 0 Å². The summed E-state index contributed by atoms with van der Waals surface area (Å²) in [5.74, 6) is 0.747. The van der Waals surface area contributed by atoms with Gasteiger partial charge in [0.15, 0.2) is 0 Å². The van der Waals surface area contributed by atoms with Crippen LogP contribution in [0.15, 0.2) is 200 Å². The summed E-state index contributed by atoms with van der Waals surface area (Å²) < 4.78 is 7.76. The Bertz CT molecular complexity index is 3250. The molecular weight excluding hydrogens is 775 g/mol. The second kappa shape index (κ2) is 12.8. The van der Waals surface area contributed by atoms with Gasteiger partial charge in [-0.2, -0.15) is 0 Å². The van der Waals surface area contributed by atoms with Crippen molar-refractivity contribution in [2.45, 2.75) is 19.3 Å². The Hall–Kier alpha value is -6.82. The van der Waals surface area contributed by atoms with E-state index in [1.54, 1.807) is 0 Å². The molecule has 12 rings (SSSR count). The zero-order valence-corrected chi connectivity index (χ0v) is 35.0. The van der Waals surface area contributed by atoms with Gasteiger partial charge in [0.05, 0.1) is 0 Å². The summed E-state index contributed by atoms with van der Waals surface area (Å²) in [6.45, 7) is 4.72. The summed E-state index contributed by atoms with van der Waals surface area (Å²) in [6, 6.07) is 73.6. The first-order valence-electron chi connectivity index (χ1n) is 20.5. The summed E-state index contributed by atoms with van der Waals surface area (Å²) in [5, 5.41) is 2.52. The van der Waals surface area contributed by atoms with Gasteiger partial charge < -0.3 is 0 Å². The molecule has 0 N–H and O–H groups in total. The van der Waals surface area contributed by atoms with Crippen molar-refractivity contribution in [1.82, 2.24) is 14.5 Å². The number of nitrogens with zero attached hydrogens (tertiary/aromatic N) is 3. The van der Waals surface area contributed by atoms with Crippen molar-refractivity contribution in [3.63, 3.8) is 0 Å². The number of hydrogen-bond acceptors (Lipinski definition) is 2. The molecule has 1 aliphatic heterocycles. The second-order valence-corrected chi connectivity index (χ2v) is 24.2. The van der Waals surface area contributed by atoms with Gasteiger partial charge in [0, 0.05) is 0 Å². The zero-order chi connectivity index (χ0) is 39.3. The molecule has 1 aliphatic carbocycles. The van der Waals surface area contributed by atoms with Gasteiger partial charge in [0.25, 0.3) is 0 Å². The number of aromatic nitrogens is 3. The van der Waals surface area contributed by atoms with E-state index in [0.717, 1.165) is 28.3 Å². The maximum atomic E-state index is 5.83. The SMILES string of the molecule is CC1(C)c2ccccc2-c2cc3c(cc21)c1ccccc1n3-c1cccc(-c2nc(-c3ccccc3)c3[c](n2)[Ge]([c]2ccccc2)([c]2ccccc2)[c]2ccccc2-3)c1.